The van der Waals surface area contributed by atoms with E-state index >= 15 is 0 Å². The lowest BCUT2D eigenvalue weighted by atomic mass is 9.53. The van der Waals surface area contributed by atoms with Crippen molar-refractivity contribution in [3.05, 3.63) is 34.4 Å². The van der Waals surface area contributed by atoms with Crippen molar-refractivity contribution in [1.82, 2.24) is 4.72 Å². The van der Waals surface area contributed by atoms with Crippen LogP contribution in [0.25, 0.3) is 0 Å². The second-order valence-electron chi connectivity index (χ2n) is 7.15. The number of rotatable bonds is 4. The SMILES string of the molecule is O=[N+]([O-])c1ccc(SNC23CC4CC(CC(C4)C2)C3)cc1. The second kappa shape index (κ2) is 4.99. The van der Waals surface area contributed by atoms with Crippen LogP contribution in [-0.2, 0) is 0 Å². The molecule has 5 rings (SSSR count). The van der Waals surface area contributed by atoms with Crippen LogP contribution in [0.4, 0.5) is 5.69 Å². The predicted octanol–water partition coefficient (Wildman–Crippen LogP) is 4.16. The van der Waals surface area contributed by atoms with E-state index in [2.05, 4.69) is 4.72 Å². The van der Waals surface area contributed by atoms with Crippen molar-refractivity contribution in [2.45, 2.75) is 49.0 Å². The molecule has 1 N–H and O–H groups in total. The van der Waals surface area contributed by atoms with Gasteiger partial charge in [-0.1, -0.05) is 0 Å². The van der Waals surface area contributed by atoms with E-state index in [1.807, 2.05) is 12.1 Å². The van der Waals surface area contributed by atoms with Crippen LogP contribution in [0.2, 0.25) is 0 Å². The van der Waals surface area contributed by atoms with Gasteiger partial charge in [0.1, 0.15) is 0 Å². The molecule has 0 heterocycles. The Morgan fingerprint density at radius 2 is 1.57 bits per heavy atom. The number of benzene rings is 1. The molecule has 4 aliphatic carbocycles. The lowest BCUT2D eigenvalue weighted by molar-refractivity contribution is -0.384. The van der Waals surface area contributed by atoms with Gasteiger partial charge in [0.15, 0.2) is 0 Å². The largest absolute Gasteiger partial charge is 0.269 e. The molecule has 0 radical (unpaired) electrons. The van der Waals surface area contributed by atoms with Crippen LogP contribution in [0, 0.1) is 27.9 Å². The van der Waals surface area contributed by atoms with Crippen molar-refractivity contribution >= 4 is 17.6 Å². The van der Waals surface area contributed by atoms with Gasteiger partial charge in [0.25, 0.3) is 5.69 Å². The van der Waals surface area contributed by atoms with E-state index in [1.54, 1.807) is 24.1 Å². The topological polar surface area (TPSA) is 55.2 Å². The minimum absolute atomic E-state index is 0.161. The summed E-state index contributed by atoms with van der Waals surface area (Å²) in [7, 11) is 0. The number of non-ortho nitro benzene ring substituents is 1. The van der Waals surface area contributed by atoms with Gasteiger partial charge in [-0.05, 0) is 80.4 Å². The van der Waals surface area contributed by atoms with E-state index in [-0.39, 0.29) is 10.6 Å². The minimum Gasteiger partial charge on any atom is -0.258 e. The molecule has 1 aromatic rings. The molecule has 112 valence electrons. The molecule has 4 bridgehead atoms. The van der Waals surface area contributed by atoms with Crippen LogP contribution in [-0.4, -0.2) is 10.5 Å². The molecule has 4 saturated carbocycles. The van der Waals surface area contributed by atoms with Gasteiger partial charge in [0, 0.05) is 22.6 Å². The second-order valence-corrected chi connectivity index (χ2v) is 8.03. The van der Waals surface area contributed by atoms with E-state index in [0.717, 1.165) is 22.6 Å². The molecule has 0 spiro atoms. The monoisotopic (exact) mass is 304 g/mol. The number of nitro benzene ring substituents is 1. The first kappa shape index (κ1) is 13.6. The molecule has 0 aliphatic heterocycles. The Morgan fingerprint density at radius 3 is 2.05 bits per heavy atom. The van der Waals surface area contributed by atoms with E-state index < -0.39 is 0 Å². The van der Waals surface area contributed by atoms with Gasteiger partial charge in [-0.25, -0.2) is 0 Å². The zero-order chi connectivity index (χ0) is 14.4. The fraction of sp³-hybridized carbons (Fsp3) is 0.625. The molecule has 1 aromatic carbocycles. The number of nitrogens with zero attached hydrogens (tertiary/aromatic N) is 1. The number of nitro groups is 1. The lowest BCUT2D eigenvalue weighted by Gasteiger charge is -2.56. The fourth-order valence-corrected chi connectivity index (χ4v) is 5.90. The van der Waals surface area contributed by atoms with Crippen LogP contribution in [0.3, 0.4) is 0 Å². The average Bonchev–Trinajstić information content (AvgIpc) is 2.44. The van der Waals surface area contributed by atoms with Crippen molar-refractivity contribution in [3.8, 4) is 0 Å². The van der Waals surface area contributed by atoms with Gasteiger partial charge in [-0.2, -0.15) is 0 Å². The quantitative estimate of drug-likeness (QED) is 0.515. The summed E-state index contributed by atoms with van der Waals surface area (Å²) in [6.45, 7) is 0. The van der Waals surface area contributed by atoms with Gasteiger partial charge in [-0.3, -0.25) is 14.8 Å². The molecule has 0 amide bonds. The highest BCUT2D eigenvalue weighted by molar-refractivity contribution is 7.97. The van der Waals surface area contributed by atoms with Gasteiger partial charge in [-0.15, -0.1) is 0 Å². The van der Waals surface area contributed by atoms with Crippen molar-refractivity contribution in [1.29, 1.82) is 0 Å². The Bertz CT molecular complexity index is 523. The zero-order valence-electron chi connectivity index (χ0n) is 12.0. The number of nitrogens with one attached hydrogen (secondary N) is 1. The molecule has 5 heteroatoms. The molecule has 0 atom stereocenters. The lowest BCUT2D eigenvalue weighted by Crippen LogP contribution is -2.56. The standard InChI is InChI=1S/C16H20N2O2S/c19-18(20)14-1-3-15(4-2-14)21-17-16-8-11-5-12(9-16)7-13(6-11)10-16/h1-4,11-13,17H,5-10H2. The third kappa shape index (κ3) is 2.57. The Labute approximate surface area is 129 Å². The van der Waals surface area contributed by atoms with Crippen molar-refractivity contribution in [2.24, 2.45) is 17.8 Å². The summed E-state index contributed by atoms with van der Waals surface area (Å²) in [5.74, 6) is 2.80. The summed E-state index contributed by atoms with van der Waals surface area (Å²) < 4.78 is 3.74. The summed E-state index contributed by atoms with van der Waals surface area (Å²) in [5.41, 5.74) is 0.482. The minimum atomic E-state index is -0.346. The maximum atomic E-state index is 10.7. The molecule has 4 aliphatic rings. The molecular weight excluding hydrogens is 284 g/mol. The fourth-order valence-electron chi connectivity index (χ4n) is 5.04. The summed E-state index contributed by atoms with van der Waals surface area (Å²) in [4.78, 5) is 11.4. The predicted molar refractivity (Wildman–Crippen MR) is 83.0 cm³/mol. The van der Waals surface area contributed by atoms with Crippen LogP contribution in [0.1, 0.15) is 38.5 Å². The van der Waals surface area contributed by atoms with E-state index in [9.17, 15) is 10.1 Å². The average molecular weight is 304 g/mol. The van der Waals surface area contributed by atoms with Crippen molar-refractivity contribution in [3.63, 3.8) is 0 Å². The van der Waals surface area contributed by atoms with Crippen molar-refractivity contribution < 1.29 is 4.92 Å². The summed E-state index contributed by atoms with van der Waals surface area (Å²) in [6.07, 6.45) is 8.30. The number of hydrogen-bond acceptors (Lipinski definition) is 4. The maximum absolute atomic E-state index is 10.7. The summed E-state index contributed by atoms with van der Waals surface area (Å²) in [5, 5.41) is 10.7. The molecule has 4 nitrogen and oxygen atoms in total. The molecule has 4 fully saturated rings. The highest BCUT2D eigenvalue weighted by Crippen LogP contribution is 2.56. The number of hydrogen-bond donors (Lipinski definition) is 1. The van der Waals surface area contributed by atoms with Gasteiger partial charge < -0.3 is 0 Å². The van der Waals surface area contributed by atoms with Gasteiger partial charge in [0.05, 0.1) is 4.92 Å². The first-order valence-corrected chi connectivity index (χ1v) is 8.62. The highest BCUT2D eigenvalue weighted by atomic mass is 32.2. The van der Waals surface area contributed by atoms with Crippen LogP contribution >= 0.6 is 11.9 Å². The van der Waals surface area contributed by atoms with Crippen LogP contribution < -0.4 is 4.72 Å². The van der Waals surface area contributed by atoms with E-state index in [1.165, 1.54) is 38.5 Å². The van der Waals surface area contributed by atoms with Gasteiger partial charge >= 0.3 is 0 Å². The molecule has 0 aromatic heterocycles. The molecule has 21 heavy (non-hydrogen) atoms. The van der Waals surface area contributed by atoms with Crippen LogP contribution in [0.15, 0.2) is 29.2 Å². The smallest absolute Gasteiger partial charge is 0.258 e. The summed E-state index contributed by atoms with van der Waals surface area (Å²) in [6, 6.07) is 6.86. The van der Waals surface area contributed by atoms with Crippen molar-refractivity contribution in [2.75, 3.05) is 0 Å². The normalized spacial score (nSPS) is 36.9. The maximum Gasteiger partial charge on any atom is 0.269 e. The first-order valence-electron chi connectivity index (χ1n) is 7.80. The molecule has 0 unspecified atom stereocenters. The molecule has 0 saturated heterocycles. The van der Waals surface area contributed by atoms with E-state index in [4.69, 9.17) is 0 Å². The molecular formula is C16H20N2O2S. The zero-order valence-corrected chi connectivity index (χ0v) is 12.8. The Balaban J connectivity index is 1.43. The Kier molecular flexibility index (Phi) is 3.23. The highest BCUT2D eigenvalue weighted by Gasteiger charge is 2.50. The Hall–Kier alpha value is -1.07. The van der Waals surface area contributed by atoms with Gasteiger partial charge in [0.2, 0.25) is 0 Å². The first-order chi connectivity index (χ1) is 10.1. The third-order valence-corrected chi connectivity index (χ3v) is 6.51. The Morgan fingerprint density at radius 1 is 1.05 bits per heavy atom. The van der Waals surface area contributed by atoms with E-state index in [0.29, 0.717) is 5.54 Å². The van der Waals surface area contributed by atoms with Crippen LogP contribution in [0.5, 0.6) is 0 Å². The summed E-state index contributed by atoms with van der Waals surface area (Å²) >= 11 is 1.66. The third-order valence-electron chi connectivity index (χ3n) is 5.47.